The molecule has 0 aliphatic carbocycles. The second-order valence-electron chi connectivity index (χ2n) is 13.9. The minimum Gasteiger partial charge on any atom is -0.456 e. The van der Waals surface area contributed by atoms with Crippen molar-refractivity contribution in [2.24, 2.45) is 0 Å². The second-order valence-corrected chi connectivity index (χ2v) is 13.9. The lowest BCUT2D eigenvalue weighted by Gasteiger charge is -2.12. The first-order valence-electron chi connectivity index (χ1n) is 18.8. The van der Waals surface area contributed by atoms with Crippen molar-refractivity contribution in [2.45, 2.75) is 0 Å². The summed E-state index contributed by atoms with van der Waals surface area (Å²) in [6.07, 6.45) is 0. The normalized spacial score (nSPS) is 11.1. The van der Waals surface area contributed by atoms with Crippen LogP contribution in [0.15, 0.2) is 199 Å². The molecule has 0 bridgehead atoms. The summed E-state index contributed by atoms with van der Waals surface area (Å²) in [6.45, 7) is 0. The van der Waals surface area contributed by atoms with E-state index in [1.54, 1.807) is 0 Å². The maximum atomic E-state index is 9.67. The summed E-state index contributed by atoms with van der Waals surface area (Å²) in [6, 6.07) is 68.1. The maximum Gasteiger partial charge on any atom is 0.164 e. The van der Waals surface area contributed by atoms with Crippen LogP contribution in [-0.4, -0.2) is 15.0 Å². The van der Waals surface area contributed by atoms with Crippen LogP contribution in [0.4, 0.5) is 0 Å². The Kier molecular flexibility index (Phi) is 8.48. The molecule has 0 amide bonds. The first kappa shape index (κ1) is 33.6. The van der Waals surface area contributed by atoms with Gasteiger partial charge in [0.1, 0.15) is 11.2 Å². The molecule has 57 heavy (non-hydrogen) atoms. The Balaban J connectivity index is 1.11. The largest absolute Gasteiger partial charge is 0.456 e. The molecule has 8 aromatic carbocycles. The third-order valence-corrected chi connectivity index (χ3v) is 10.4. The molecule has 0 unspecified atom stereocenters. The number of hydrogen-bond acceptors (Lipinski definition) is 5. The molecular weight excluding hydrogens is 697 g/mol. The summed E-state index contributed by atoms with van der Waals surface area (Å²) >= 11 is 0. The SMILES string of the molecule is N#Cc1cccc(-c2ccccc2-c2nc(-c3ccc(-c4ccccc4)cc3)nc(-c3ccc4c(c3)oc3cccc(-c5cccc(-c6ccccc6)c5)c34)n2)c1. The smallest absolute Gasteiger partial charge is 0.164 e. The summed E-state index contributed by atoms with van der Waals surface area (Å²) in [5.41, 5.74) is 13.3. The number of fused-ring (bicyclic) bond motifs is 3. The van der Waals surface area contributed by atoms with Crippen molar-refractivity contribution in [2.75, 3.05) is 0 Å². The number of aromatic nitrogens is 3. The molecule has 0 atom stereocenters. The number of benzene rings is 8. The molecule has 0 radical (unpaired) electrons. The van der Waals surface area contributed by atoms with E-state index in [-0.39, 0.29) is 0 Å². The van der Waals surface area contributed by atoms with Gasteiger partial charge < -0.3 is 4.42 Å². The lowest BCUT2D eigenvalue weighted by atomic mass is 9.95. The standard InChI is InChI=1S/C52H32N4O/c53-33-34-12-9-18-40(30-34)43-20-7-8-21-45(43)52-55-50(38-26-24-37(25-27-38)35-13-3-1-4-14-35)54-51(56-52)42-28-29-46-48(32-42)57-47-23-11-22-44(49(46)47)41-19-10-17-39(31-41)36-15-5-2-6-16-36/h1-32H. The minimum absolute atomic E-state index is 0.529. The predicted octanol–water partition coefficient (Wildman–Crippen LogP) is 13.3. The molecule has 0 N–H and O–H groups in total. The van der Waals surface area contributed by atoms with Crippen LogP contribution in [0.2, 0.25) is 0 Å². The molecule has 266 valence electrons. The van der Waals surface area contributed by atoms with Gasteiger partial charge in [-0.1, -0.05) is 158 Å². The van der Waals surface area contributed by atoms with E-state index in [1.165, 1.54) is 5.56 Å². The number of nitrogens with zero attached hydrogens (tertiary/aromatic N) is 4. The van der Waals surface area contributed by atoms with E-state index in [4.69, 9.17) is 19.4 Å². The van der Waals surface area contributed by atoms with Gasteiger partial charge in [0, 0.05) is 27.5 Å². The van der Waals surface area contributed by atoms with Crippen LogP contribution in [-0.2, 0) is 0 Å². The van der Waals surface area contributed by atoms with Gasteiger partial charge in [-0.15, -0.1) is 0 Å². The van der Waals surface area contributed by atoms with Gasteiger partial charge in [-0.2, -0.15) is 5.26 Å². The van der Waals surface area contributed by atoms with Crippen LogP contribution in [0.1, 0.15) is 5.56 Å². The highest BCUT2D eigenvalue weighted by atomic mass is 16.3. The fraction of sp³-hybridized carbons (Fsp3) is 0. The van der Waals surface area contributed by atoms with Gasteiger partial charge >= 0.3 is 0 Å². The number of nitriles is 1. The zero-order valence-electron chi connectivity index (χ0n) is 30.7. The Morgan fingerprint density at radius 1 is 0.351 bits per heavy atom. The fourth-order valence-electron chi connectivity index (χ4n) is 7.59. The molecule has 10 rings (SSSR count). The topological polar surface area (TPSA) is 75.6 Å². The van der Waals surface area contributed by atoms with Gasteiger partial charge in [-0.3, -0.25) is 0 Å². The monoisotopic (exact) mass is 728 g/mol. The molecule has 0 saturated heterocycles. The molecule has 5 nitrogen and oxygen atoms in total. The Morgan fingerprint density at radius 2 is 0.877 bits per heavy atom. The van der Waals surface area contributed by atoms with Crippen LogP contribution in [0.3, 0.4) is 0 Å². The highest BCUT2D eigenvalue weighted by Gasteiger charge is 2.19. The predicted molar refractivity (Wildman–Crippen MR) is 230 cm³/mol. The Bertz CT molecular complexity index is 3130. The highest BCUT2D eigenvalue weighted by molar-refractivity contribution is 6.13. The van der Waals surface area contributed by atoms with Gasteiger partial charge in [-0.25, -0.2) is 15.0 Å². The highest BCUT2D eigenvalue weighted by Crippen LogP contribution is 2.40. The van der Waals surface area contributed by atoms with Crippen molar-refractivity contribution in [3.05, 3.63) is 200 Å². The van der Waals surface area contributed by atoms with E-state index in [9.17, 15) is 5.26 Å². The number of rotatable bonds is 7. The second kappa shape index (κ2) is 14.4. The zero-order valence-corrected chi connectivity index (χ0v) is 30.7. The van der Waals surface area contributed by atoms with Crippen molar-refractivity contribution in [3.8, 4) is 84.7 Å². The number of furan rings is 1. The van der Waals surface area contributed by atoms with Gasteiger partial charge in [0.25, 0.3) is 0 Å². The van der Waals surface area contributed by atoms with Crippen molar-refractivity contribution < 1.29 is 4.42 Å². The van der Waals surface area contributed by atoms with Gasteiger partial charge in [0.2, 0.25) is 0 Å². The molecule has 10 aromatic rings. The van der Waals surface area contributed by atoms with Crippen molar-refractivity contribution >= 4 is 21.9 Å². The number of hydrogen-bond donors (Lipinski definition) is 0. The molecule has 0 aliphatic heterocycles. The average Bonchev–Trinajstić information content (AvgIpc) is 3.68. The molecule has 0 aliphatic rings. The zero-order chi connectivity index (χ0) is 38.1. The van der Waals surface area contributed by atoms with E-state index in [2.05, 4.69) is 109 Å². The molecule has 2 heterocycles. The van der Waals surface area contributed by atoms with Crippen LogP contribution >= 0.6 is 0 Å². The van der Waals surface area contributed by atoms with Gasteiger partial charge in [0.15, 0.2) is 17.5 Å². The van der Waals surface area contributed by atoms with E-state index in [0.717, 1.165) is 77.6 Å². The first-order valence-corrected chi connectivity index (χ1v) is 18.8. The van der Waals surface area contributed by atoms with Crippen molar-refractivity contribution in [1.82, 2.24) is 15.0 Å². The Hall–Kier alpha value is -7.94. The van der Waals surface area contributed by atoms with Gasteiger partial charge in [0.05, 0.1) is 11.6 Å². The third-order valence-electron chi connectivity index (χ3n) is 10.4. The van der Waals surface area contributed by atoms with Crippen LogP contribution < -0.4 is 0 Å². The summed E-state index contributed by atoms with van der Waals surface area (Å²) in [5.74, 6) is 1.62. The third kappa shape index (κ3) is 6.42. The Labute approximate surface area is 329 Å². The first-order chi connectivity index (χ1) is 28.2. The van der Waals surface area contributed by atoms with Gasteiger partial charge in [-0.05, 0) is 80.9 Å². The quantitative estimate of drug-likeness (QED) is 0.163. The molecule has 2 aromatic heterocycles. The summed E-state index contributed by atoms with van der Waals surface area (Å²) in [7, 11) is 0. The summed E-state index contributed by atoms with van der Waals surface area (Å²) in [4.78, 5) is 15.3. The average molecular weight is 729 g/mol. The van der Waals surface area contributed by atoms with Crippen molar-refractivity contribution in [1.29, 1.82) is 5.26 Å². The molecular formula is C52H32N4O. The fourth-order valence-corrected chi connectivity index (χ4v) is 7.59. The van der Waals surface area contributed by atoms with Crippen LogP contribution in [0.5, 0.6) is 0 Å². The van der Waals surface area contributed by atoms with E-state index >= 15 is 0 Å². The summed E-state index contributed by atoms with van der Waals surface area (Å²) < 4.78 is 6.58. The van der Waals surface area contributed by atoms with Crippen LogP contribution in [0.25, 0.3) is 101 Å². The van der Waals surface area contributed by atoms with E-state index in [1.807, 2.05) is 91.0 Å². The molecule has 0 saturated carbocycles. The summed E-state index contributed by atoms with van der Waals surface area (Å²) in [5, 5.41) is 11.8. The lowest BCUT2D eigenvalue weighted by Crippen LogP contribution is -2.01. The van der Waals surface area contributed by atoms with Crippen molar-refractivity contribution in [3.63, 3.8) is 0 Å². The molecule has 5 heteroatoms. The Morgan fingerprint density at radius 3 is 1.63 bits per heavy atom. The van der Waals surface area contributed by atoms with E-state index in [0.29, 0.717) is 23.0 Å². The lowest BCUT2D eigenvalue weighted by molar-refractivity contribution is 0.669. The van der Waals surface area contributed by atoms with Crippen LogP contribution in [0, 0.1) is 11.3 Å². The minimum atomic E-state index is 0.529. The maximum absolute atomic E-state index is 9.67. The molecule has 0 fully saturated rings. The molecule has 0 spiro atoms. The van der Waals surface area contributed by atoms with E-state index < -0.39 is 0 Å².